The minimum Gasteiger partial charge on any atom is -0.508 e. The van der Waals surface area contributed by atoms with Crippen molar-refractivity contribution in [2.45, 2.75) is 44.7 Å². The molecule has 0 spiro atoms. The Kier molecular flexibility index (Phi) is 4.53. The zero-order valence-electron chi connectivity index (χ0n) is 15.2. The SMILES string of the molecule is Cc1n[nH]c2nc(-c3ccc(O)cc3)cc(C(=O)N[C@H]3CC[C@@H](N)CC3)c12. The second-order valence-corrected chi connectivity index (χ2v) is 7.22. The van der Waals surface area contributed by atoms with Crippen LogP contribution in [0.4, 0.5) is 0 Å². The number of phenols is 1. The van der Waals surface area contributed by atoms with E-state index >= 15 is 0 Å². The summed E-state index contributed by atoms with van der Waals surface area (Å²) in [5, 5.41) is 20.5. The summed E-state index contributed by atoms with van der Waals surface area (Å²) in [5.41, 5.74) is 9.32. The highest BCUT2D eigenvalue weighted by molar-refractivity contribution is 6.07. The Morgan fingerprint density at radius 2 is 1.93 bits per heavy atom. The van der Waals surface area contributed by atoms with Gasteiger partial charge in [0.05, 0.1) is 22.3 Å². The number of aryl methyl sites for hydroxylation is 1. The molecule has 0 aliphatic heterocycles. The Balaban J connectivity index is 1.70. The van der Waals surface area contributed by atoms with Crippen molar-refractivity contribution >= 4 is 16.9 Å². The predicted molar refractivity (Wildman–Crippen MR) is 103 cm³/mol. The van der Waals surface area contributed by atoms with Gasteiger partial charge in [-0.05, 0) is 62.9 Å². The van der Waals surface area contributed by atoms with Crippen molar-refractivity contribution < 1.29 is 9.90 Å². The molecule has 0 atom stereocenters. The van der Waals surface area contributed by atoms with Gasteiger partial charge in [0, 0.05) is 17.6 Å². The second kappa shape index (κ2) is 7.00. The summed E-state index contributed by atoms with van der Waals surface area (Å²) < 4.78 is 0. The zero-order valence-corrected chi connectivity index (χ0v) is 15.2. The molecule has 7 heteroatoms. The molecule has 2 aromatic heterocycles. The number of phenolic OH excluding ortho intramolecular Hbond substituents is 1. The minimum atomic E-state index is -0.118. The Bertz CT molecular complexity index is 972. The van der Waals surface area contributed by atoms with Crippen molar-refractivity contribution in [1.82, 2.24) is 20.5 Å². The monoisotopic (exact) mass is 365 g/mol. The zero-order chi connectivity index (χ0) is 19.0. The molecule has 3 aromatic rings. The van der Waals surface area contributed by atoms with E-state index in [1.54, 1.807) is 30.3 Å². The highest BCUT2D eigenvalue weighted by atomic mass is 16.3. The number of H-pyrrole nitrogens is 1. The quantitative estimate of drug-likeness (QED) is 0.569. The van der Waals surface area contributed by atoms with Gasteiger partial charge in [0.2, 0.25) is 0 Å². The summed E-state index contributed by atoms with van der Waals surface area (Å²) in [6.07, 6.45) is 3.66. The first kappa shape index (κ1) is 17.5. The number of carbonyl (C=O) groups is 1. The topological polar surface area (TPSA) is 117 Å². The smallest absolute Gasteiger partial charge is 0.252 e. The maximum absolute atomic E-state index is 13.0. The maximum atomic E-state index is 13.0. The van der Waals surface area contributed by atoms with E-state index in [1.807, 2.05) is 6.92 Å². The van der Waals surface area contributed by atoms with Crippen LogP contribution in [0.3, 0.4) is 0 Å². The number of amides is 1. The number of carbonyl (C=O) groups excluding carboxylic acids is 1. The Morgan fingerprint density at radius 3 is 2.63 bits per heavy atom. The third kappa shape index (κ3) is 3.50. The van der Waals surface area contributed by atoms with Crippen LogP contribution in [0.1, 0.15) is 41.7 Å². The number of rotatable bonds is 3. The van der Waals surface area contributed by atoms with Gasteiger partial charge in [-0.25, -0.2) is 4.98 Å². The lowest BCUT2D eigenvalue weighted by Gasteiger charge is -2.27. The van der Waals surface area contributed by atoms with Crippen LogP contribution in [-0.4, -0.2) is 38.3 Å². The molecule has 0 saturated heterocycles. The van der Waals surface area contributed by atoms with Gasteiger partial charge < -0.3 is 16.2 Å². The van der Waals surface area contributed by atoms with Gasteiger partial charge in [-0.3, -0.25) is 9.89 Å². The maximum Gasteiger partial charge on any atom is 0.252 e. The fraction of sp³-hybridized carbons (Fsp3) is 0.350. The molecule has 7 nitrogen and oxygen atoms in total. The molecule has 5 N–H and O–H groups in total. The molecule has 0 unspecified atom stereocenters. The van der Waals surface area contributed by atoms with Gasteiger partial charge in [0.1, 0.15) is 5.75 Å². The summed E-state index contributed by atoms with van der Waals surface area (Å²) in [4.78, 5) is 17.6. The molecule has 1 aliphatic rings. The third-order valence-electron chi connectivity index (χ3n) is 5.23. The van der Waals surface area contributed by atoms with Gasteiger partial charge in [0.15, 0.2) is 5.65 Å². The van der Waals surface area contributed by atoms with Crippen LogP contribution in [0.15, 0.2) is 30.3 Å². The number of fused-ring (bicyclic) bond motifs is 1. The van der Waals surface area contributed by atoms with E-state index in [-0.39, 0.29) is 23.7 Å². The molecule has 2 heterocycles. The van der Waals surface area contributed by atoms with E-state index in [0.29, 0.717) is 16.9 Å². The molecule has 1 aliphatic carbocycles. The first-order chi connectivity index (χ1) is 13.0. The van der Waals surface area contributed by atoms with E-state index < -0.39 is 0 Å². The van der Waals surface area contributed by atoms with E-state index in [0.717, 1.165) is 42.3 Å². The van der Waals surface area contributed by atoms with Gasteiger partial charge >= 0.3 is 0 Å². The number of aromatic amines is 1. The average Bonchev–Trinajstić information content (AvgIpc) is 3.04. The molecule has 1 aromatic carbocycles. The summed E-state index contributed by atoms with van der Waals surface area (Å²) in [6, 6.07) is 8.93. The molecular weight excluding hydrogens is 342 g/mol. The first-order valence-electron chi connectivity index (χ1n) is 9.23. The lowest BCUT2D eigenvalue weighted by atomic mass is 9.91. The van der Waals surface area contributed by atoms with E-state index in [2.05, 4.69) is 20.5 Å². The molecule has 1 fully saturated rings. The van der Waals surface area contributed by atoms with Crippen molar-refractivity contribution in [2.75, 3.05) is 0 Å². The van der Waals surface area contributed by atoms with Gasteiger partial charge in [-0.15, -0.1) is 0 Å². The number of aromatic nitrogens is 3. The van der Waals surface area contributed by atoms with Crippen LogP contribution in [-0.2, 0) is 0 Å². The fourth-order valence-electron chi connectivity index (χ4n) is 3.67. The first-order valence-corrected chi connectivity index (χ1v) is 9.23. The Morgan fingerprint density at radius 1 is 1.22 bits per heavy atom. The molecule has 1 saturated carbocycles. The van der Waals surface area contributed by atoms with Crippen LogP contribution in [0, 0.1) is 6.92 Å². The van der Waals surface area contributed by atoms with Gasteiger partial charge in [-0.1, -0.05) is 0 Å². The highest BCUT2D eigenvalue weighted by Gasteiger charge is 2.23. The number of pyridine rings is 1. The van der Waals surface area contributed by atoms with Gasteiger partial charge in [0.25, 0.3) is 5.91 Å². The number of hydrogen-bond donors (Lipinski definition) is 4. The standard InChI is InChI=1S/C20H23N5O2/c1-11-18-16(20(27)22-14-6-4-13(21)5-7-14)10-17(23-19(18)25-24-11)12-2-8-15(26)9-3-12/h2-3,8-10,13-14,26H,4-7,21H2,1H3,(H,22,27)(H,23,24,25)/t13-,14+. The van der Waals surface area contributed by atoms with Crippen molar-refractivity contribution in [1.29, 1.82) is 0 Å². The average molecular weight is 365 g/mol. The van der Waals surface area contributed by atoms with Crippen LogP contribution in [0.25, 0.3) is 22.3 Å². The van der Waals surface area contributed by atoms with Crippen molar-refractivity contribution in [3.8, 4) is 17.0 Å². The number of nitrogens with zero attached hydrogens (tertiary/aromatic N) is 2. The van der Waals surface area contributed by atoms with Crippen LogP contribution >= 0.6 is 0 Å². The summed E-state index contributed by atoms with van der Waals surface area (Å²) in [5.74, 6) is 0.0677. The number of nitrogens with two attached hydrogens (primary N) is 1. The Labute approximate surface area is 157 Å². The number of benzene rings is 1. The molecule has 0 bridgehead atoms. The lowest BCUT2D eigenvalue weighted by Crippen LogP contribution is -2.40. The predicted octanol–water partition coefficient (Wildman–Crippen LogP) is 2.64. The van der Waals surface area contributed by atoms with Crippen LogP contribution < -0.4 is 11.1 Å². The minimum absolute atomic E-state index is 0.118. The van der Waals surface area contributed by atoms with E-state index in [9.17, 15) is 9.90 Å². The number of aromatic hydroxyl groups is 1. The van der Waals surface area contributed by atoms with Crippen molar-refractivity contribution in [2.24, 2.45) is 5.73 Å². The highest BCUT2D eigenvalue weighted by Crippen LogP contribution is 2.27. The number of nitrogens with one attached hydrogen (secondary N) is 2. The van der Waals surface area contributed by atoms with Crippen LogP contribution in [0.2, 0.25) is 0 Å². The summed E-state index contributed by atoms with van der Waals surface area (Å²) in [6.45, 7) is 1.86. The molecule has 27 heavy (non-hydrogen) atoms. The number of hydrogen-bond acceptors (Lipinski definition) is 5. The molecule has 4 rings (SSSR count). The summed E-state index contributed by atoms with van der Waals surface area (Å²) in [7, 11) is 0. The van der Waals surface area contributed by atoms with E-state index in [1.165, 1.54) is 0 Å². The van der Waals surface area contributed by atoms with Crippen LogP contribution in [0.5, 0.6) is 5.75 Å². The second-order valence-electron chi connectivity index (χ2n) is 7.22. The Hall–Kier alpha value is -2.93. The van der Waals surface area contributed by atoms with Crippen molar-refractivity contribution in [3.05, 3.63) is 41.6 Å². The molecule has 0 radical (unpaired) electrons. The lowest BCUT2D eigenvalue weighted by molar-refractivity contribution is 0.0927. The fourth-order valence-corrected chi connectivity index (χ4v) is 3.67. The summed E-state index contributed by atoms with van der Waals surface area (Å²) >= 11 is 0. The third-order valence-corrected chi connectivity index (χ3v) is 5.23. The molecule has 1 amide bonds. The van der Waals surface area contributed by atoms with Crippen molar-refractivity contribution in [3.63, 3.8) is 0 Å². The molecular formula is C20H23N5O2. The molecule has 140 valence electrons. The van der Waals surface area contributed by atoms with E-state index in [4.69, 9.17) is 5.73 Å². The van der Waals surface area contributed by atoms with Gasteiger partial charge in [-0.2, -0.15) is 5.10 Å². The normalized spacial score (nSPS) is 19.9. The largest absolute Gasteiger partial charge is 0.508 e.